The molecule has 0 bridgehead atoms. The first-order valence-electron chi connectivity index (χ1n) is 8.41. The first-order chi connectivity index (χ1) is 12.9. The van der Waals surface area contributed by atoms with E-state index in [0.717, 1.165) is 28.1 Å². The number of carbonyl (C=O) groups is 1. The number of hydrogen-bond acceptors (Lipinski definition) is 2. The van der Waals surface area contributed by atoms with Crippen molar-refractivity contribution in [2.75, 3.05) is 0 Å². The Kier molecular flexibility index (Phi) is 5.59. The highest BCUT2D eigenvalue weighted by atomic mass is 19.4. The molecule has 0 aliphatic rings. The number of hydrogen-bond donors (Lipinski definition) is 1. The Labute approximate surface area is 154 Å². The highest BCUT2D eigenvalue weighted by Gasteiger charge is 2.33. The molecular weight excluding hydrogens is 355 g/mol. The van der Waals surface area contributed by atoms with Crippen molar-refractivity contribution >= 4 is 5.91 Å². The second kappa shape index (κ2) is 8.07. The van der Waals surface area contributed by atoms with E-state index in [-0.39, 0.29) is 12.6 Å². The molecule has 0 aliphatic heterocycles. The van der Waals surface area contributed by atoms with E-state index in [1.54, 1.807) is 0 Å². The van der Waals surface area contributed by atoms with E-state index in [9.17, 15) is 18.0 Å². The van der Waals surface area contributed by atoms with Crippen LogP contribution in [0.2, 0.25) is 0 Å². The molecule has 0 aliphatic carbocycles. The SMILES string of the molecule is O=C(Cn1ccc(C(F)(F)F)n1)NC(Cc1ccccc1)c1ccccc1. The summed E-state index contributed by atoms with van der Waals surface area (Å²) in [5, 5.41) is 6.31. The summed E-state index contributed by atoms with van der Waals surface area (Å²) >= 11 is 0. The lowest BCUT2D eigenvalue weighted by molar-refractivity contribution is -0.141. The van der Waals surface area contributed by atoms with Gasteiger partial charge in [0.15, 0.2) is 5.69 Å². The molecule has 0 fully saturated rings. The maximum absolute atomic E-state index is 12.6. The number of aromatic nitrogens is 2. The van der Waals surface area contributed by atoms with Crippen LogP contribution >= 0.6 is 0 Å². The van der Waals surface area contributed by atoms with Gasteiger partial charge in [0.2, 0.25) is 5.91 Å². The number of rotatable bonds is 6. The van der Waals surface area contributed by atoms with Crippen LogP contribution in [0.4, 0.5) is 13.2 Å². The molecule has 4 nitrogen and oxygen atoms in total. The lowest BCUT2D eigenvalue weighted by atomic mass is 9.99. The molecule has 140 valence electrons. The third kappa shape index (κ3) is 5.20. The molecule has 1 amide bonds. The third-order valence-corrected chi connectivity index (χ3v) is 4.06. The lowest BCUT2D eigenvalue weighted by Crippen LogP contribution is -2.33. The van der Waals surface area contributed by atoms with Gasteiger partial charge >= 0.3 is 6.18 Å². The molecule has 0 radical (unpaired) electrons. The Balaban J connectivity index is 1.71. The van der Waals surface area contributed by atoms with Crippen LogP contribution < -0.4 is 5.32 Å². The van der Waals surface area contributed by atoms with Gasteiger partial charge in [-0.3, -0.25) is 9.48 Å². The molecule has 1 atom stereocenters. The van der Waals surface area contributed by atoms with Crippen LogP contribution in [0.5, 0.6) is 0 Å². The minimum absolute atomic E-state index is 0.284. The molecule has 2 aromatic carbocycles. The van der Waals surface area contributed by atoms with Crippen LogP contribution in [0.3, 0.4) is 0 Å². The van der Waals surface area contributed by atoms with Gasteiger partial charge in [-0.1, -0.05) is 60.7 Å². The average molecular weight is 373 g/mol. The summed E-state index contributed by atoms with van der Waals surface area (Å²) in [6.07, 6.45) is -2.80. The summed E-state index contributed by atoms with van der Waals surface area (Å²) in [4.78, 5) is 12.4. The highest BCUT2D eigenvalue weighted by molar-refractivity contribution is 5.76. The lowest BCUT2D eigenvalue weighted by Gasteiger charge is -2.19. The normalized spacial score (nSPS) is 12.6. The van der Waals surface area contributed by atoms with Gasteiger partial charge in [0.05, 0.1) is 6.04 Å². The van der Waals surface area contributed by atoms with Crippen molar-refractivity contribution in [2.24, 2.45) is 0 Å². The van der Waals surface area contributed by atoms with Crippen molar-refractivity contribution < 1.29 is 18.0 Å². The number of nitrogens with zero attached hydrogens (tertiary/aromatic N) is 2. The number of amides is 1. The molecule has 27 heavy (non-hydrogen) atoms. The van der Waals surface area contributed by atoms with Crippen molar-refractivity contribution in [3.05, 3.63) is 89.7 Å². The molecule has 0 spiro atoms. The van der Waals surface area contributed by atoms with Gasteiger partial charge in [0.1, 0.15) is 6.54 Å². The number of benzene rings is 2. The minimum Gasteiger partial charge on any atom is -0.347 e. The van der Waals surface area contributed by atoms with E-state index < -0.39 is 17.8 Å². The molecule has 0 saturated carbocycles. The van der Waals surface area contributed by atoms with E-state index in [0.29, 0.717) is 6.42 Å². The summed E-state index contributed by atoms with van der Waals surface area (Å²) in [5.41, 5.74) is 0.954. The van der Waals surface area contributed by atoms with Crippen LogP contribution in [0.1, 0.15) is 22.9 Å². The van der Waals surface area contributed by atoms with E-state index in [4.69, 9.17) is 0 Å². The van der Waals surface area contributed by atoms with Crippen molar-refractivity contribution in [1.29, 1.82) is 0 Å². The number of carbonyl (C=O) groups excluding carboxylic acids is 1. The van der Waals surface area contributed by atoms with E-state index >= 15 is 0 Å². The Hall–Kier alpha value is -3.09. The fourth-order valence-corrected chi connectivity index (χ4v) is 2.78. The predicted octanol–water partition coefficient (Wildman–Crippen LogP) is 4.00. The molecule has 7 heteroatoms. The first-order valence-corrected chi connectivity index (χ1v) is 8.41. The van der Waals surface area contributed by atoms with Crippen LogP contribution in [0, 0.1) is 0 Å². The van der Waals surface area contributed by atoms with E-state index in [1.807, 2.05) is 60.7 Å². The number of nitrogens with one attached hydrogen (secondary N) is 1. The van der Waals surface area contributed by atoms with E-state index in [2.05, 4.69) is 10.4 Å². The van der Waals surface area contributed by atoms with Crippen molar-refractivity contribution in [3.63, 3.8) is 0 Å². The fraction of sp³-hybridized carbons (Fsp3) is 0.200. The van der Waals surface area contributed by atoms with Crippen LogP contribution in [0.25, 0.3) is 0 Å². The van der Waals surface area contributed by atoms with Crippen molar-refractivity contribution in [1.82, 2.24) is 15.1 Å². The maximum Gasteiger partial charge on any atom is 0.435 e. The second-order valence-corrected chi connectivity index (χ2v) is 6.12. The Bertz CT molecular complexity index is 876. The smallest absolute Gasteiger partial charge is 0.347 e. The maximum atomic E-state index is 12.6. The van der Waals surface area contributed by atoms with Crippen LogP contribution in [0.15, 0.2) is 72.9 Å². The fourth-order valence-electron chi connectivity index (χ4n) is 2.78. The summed E-state index contributed by atoms with van der Waals surface area (Å²) in [6, 6.07) is 19.7. The van der Waals surface area contributed by atoms with Gasteiger partial charge in [-0.15, -0.1) is 0 Å². The molecule has 3 aromatic rings. The minimum atomic E-state index is -4.53. The number of alkyl halides is 3. The van der Waals surface area contributed by atoms with Gasteiger partial charge in [0, 0.05) is 6.20 Å². The van der Waals surface area contributed by atoms with Gasteiger partial charge in [0.25, 0.3) is 0 Å². The molecule has 1 heterocycles. The molecule has 1 N–H and O–H groups in total. The van der Waals surface area contributed by atoms with Gasteiger partial charge in [-0.2, -0.15) is 18.3 Å². The van der Waals surface area contributed by atoms with E-state index in [1.165, 1.54) is 0 Å². The zero-order valence-electron chi connectivity index (χ0n) is 14.4. The molecule has 1 unspecified atom stereocenters. The monoisotopic (exact) mass is 373 g/mol. The molecule has 3 rings (SSSR count). The highest BCUT2D eigenvalue weighted by Crippen LogP contribution is 2.27. The Morgan fingerprint density at radius 3 is 2.22 bits per heavy atom. The second-order valence-electron chi connectivity index (χ2n) is 6.12. The largest absolute Gasteiger partial charge is 0.435 e. The zero-order chi connectivity index (χ0) is 19.3. The number of halogens is 3. The predicted molar refractivity (Wildman–Crippen MR) is 94.7 cm³/mol. The van der Waals surface area contributed by atoms with Crippen LogP contribution in [-0.2, 0) is 23.9 Å². The third-order valence-electron chi connectivity index (χ3n) is 4.06. The Morgan fingerprint density at radius 1 is 1.00 bits per heavy atom. The van der Waals surface area contributed by atoms with Crippen molar-refractivity contribution in [3.8, 4) is 0 Å². The summed E-state index contributed by atoms with van der Waals surface area (Å²) < 4.78 is 38.9. The van der Waals surface area contributed by atoms with Crippen LogP contribution in [-0.4, -0.2) is 15.7 Å². The quantitative estimate of drug-likeness (QED) is 0.710. The topological polar surface area (TPSA) is 46.9 Å². The molecular formula is C20H18F3N3O. The zero-order valence-corrected chi connectivity index (χ0v) is 14.4. The first kappa shape index (κ1) is 18.7. The van der Waals surface area contributed by atoms with Gasteiger partial charge in [-0.05, 0) is 23.6 Å². The average Bonchev–Trinajstić information content (AvgIpc) is 3.11. The van der Waals surface area contributed by atoms with Gasteiger partial charge < -0.3 is 5.32 Å². The summed E-state index contributed by atoms with van der Waals surface area (Å²) in [7, 11) is 0. The summed E-state index contributed by atoms with van der Waals surface area (Å²) in [5.74, 6) is -0.406. The summed E-state index contributed by atoms with van der Waals surface area (Å²) in [6.45, 7) is -0.284. The van der Waals surface area contributed by atoms with Crippen molar-refractivity contribution in [2.45, 2.75) is 25.2 Å². The molecule has 1 aromatic heterocycles. The Morgan fingerprint density at radius 2 is 1.63 bits per heavy atom. The van der Waals surface area contributed by atoms with Gasteiger partial charge in [-0.25, -0.2) is 0 Å². The molecule has 0 saturated heterocycles. The standard InChI is InChI=1S/C20H18F3N3O/c21-20(22,23)18-11-12-26(25-18)14-19(27)24-17(16-9-5-2-6-10-16)13-15-7-3-1-4-8-15/h1-12,17H,13-14H2,(H,24,27).